The SMILES string of the molecule is C=CC[C@]1(O)CCC(C)(C)C=C1C. The van der Waals surface area contributed by atoms with Crippen molar-refractivity contribution in [3.05, 3.63) is 24.3 Å². The molecule has 0 saturated heterocycles. The summed E-state index contributed by atoms with van der Waals surface area (Å²) in [6.07, 6.45) is 6.57. The normalized spacial score (nSPS) is 32.5. The van der Waals surface area contributed by atoms with E-state index in [0.29, 0.717) is 6.42 Å². The highest BCUT2D eigenvalue weighted by atomic mass is 16.3. The maximum absolute atomic E-state index is 10.2. The lowest BCUT2D eigenvalue weighted by molar-refractivity contribution is 0.0505. The quantitative estimate of drug-likeness (QED) is 0.647. The third kappa shape index (κ3) is 2.22. The molecular weight excluding hydrogens is 160 g/mol. The molecule has 0 heterocycles. The van der Waals surface area contributed by atoms with Crippen LogP contribution in [-0.4, -0.2) is 10.7 Å². The minimum absolute atomic E-state index is 0.248. The summed E-state index contributed by atoms with van der Waals surface area (Å²) in [6, 6.07) is 0. The molecule has 1 nitrogen and oxygen atoms in total. The average molecular weight is 180 g/mol. The second-order valence-corrected chi connectivity index (χ2v) is 4.84. The van der Waals surface area contributed by atoms with Crippen LogP contribution in [0.5, 0.6) is 0 Å². The predicted octanol–water partition coefficient (Wildman–Crippen LogP) is 3.06. The van der Waals surface area contributed by atoms with Gasteiger partial charge in [-0.1, -0.05) is 26.0 Å². The fourth-order valence-corrected chi connectivity index (χ4v) is 2.02. The molecule has 0 amide bonds. The first-order valence-electron chi connectivity index (χ1n) is 4.93. The molecule has 0 spiro atoms. The van der Waals surface area contributed by atoms with E-state index < -0.39 is 5.60 Å². The first kappa shape index (κ1) is 10.5. The van der Waals surface area contributed by atoms with E-state index in [1.807, 2.05) is 6.92 Å². The second kappa shape index (κ2) is 3.30. The van der Waals surface area contributed by atoms with Gasteiger partial charge < -0.3 is 5.11 Å². The van der Waals surface area contributed by atoms with Gasteiger partial charge >= 0.3 is 0 Å². The highest BCUT2D eigenvalue weighted by Crippen LogP contribution is 2.40. The molecule has 1 N–H and O–H groups in total. The summed E-state index contributed by atoms with van der Waals surface area (Å²) >= 11 is 0. The van der Waals surface area contributed by atoms with Crippen LogP contribution < -0.4 is 0 Å². The molecule has 0 bridgehead atoms. The van der Waals surface area contributed by atoms with Crippen LogP contribution in [0.3, 0.4) is 0 Å². The first-order valence-corrected chi connectivity index (χ1v) is 4.93. The Labute approximate surface area is 81.2 Å². The molecule has 0 fully saturated rings. The molecule has 1 aliphatic rings. The van der Waals surface area contributed by atoms with Gasteiger partial charge in [0.15, 0.2) is 0 Å². The van der Waals surface area contributed by atoms with Gasteiger partial charge in [-0.25, -0.2) is 0 Å². The largest absolute Gasteiger partial charge is 0.385 e. The number of hydrogen-bond donors (Lipinski definition) is 1. The summed E-state index contributed by atoms with van der Waals surface area (Å²) in [4.78, 5) is 0. The Balaban J connectivity index is 2.89. The molecule has 1 atom stereocenters. The van der Waals surface area contributed by atoms with E-state index >= 15 is 0 Å². The minimum Gasteiger partial charge on any atom is -0.385 e. The van der Waals surface area contributed by atoms with E-state index in [2.05, 4.69) is 26.5 Å². The summed E-state index contributed by atoms with van der Waals surface area (Å²) < 4.78 is 0. The molecule has 0 aromatic heterocycles. The van der Waals surface area contributed by atoms with Gasteiger partial charge in [-0.3, -0.25) is 0 Å². The topological polar surface area (TPSA) is 20.2 Å². The second-order valence-electron chi connectivity index (χ2n) is 4.84. The van der Waals surface area contributed by atoms with Crippen molar-refractivity contribution in [1.29, 1.82) is 0 Å². The Bertz CT molecular complexity index is 238. The summed E-state index contributed by atoms with van der Waals surface area (Å²) in [5.41, 5.74) is 0.734. The maximum Gasteiger partial charge on any atom is 0.0888 e. The Kier molecular flexibility index (Phi) is 2.67. The molecule has 1 heteroatoms. The zero-order valence-corrected chi connectivity index (χ0v) is 8.93. The zero-order valence-electron chi connectivity index (χ0n) is 8.93. The smallest absolute Gasteiger partial charge is 0.0888 e. The number of aliphatic hydroxyl groups is 1. The standard InChI is InChI=1S/C12H20O/c1-5-6-12(13)8-7-11(3,4)9-10(12)2/h5,9,13H,1,6-8H2,2-4H3/t12-/m0/s1. The molecule has 0 aliphatic heterocycles. The van der Waals surface area contributed by atoms with Crippen LogP contribution in [0, 0.1) is 5.41 Å². The molecule has 0 saturated carbocycles. The van der Waals surface area contributed by atoms with Gasteiger partial charge in [0.05, 0.1) is 5.60 Å². The first-order chi connectivity index (χ1) is 5.90. The zero-order chi connectivity index (χ0) is 10.1. The number of rotatable bonds is 2. The monoisotopic (exact) mass is 180 g/mol. The predicted molar refractivity (Wildman–Crippen MR) is 56.5 cm³/mol. The van der Waals surface area contributed by atoms with Gasteiger partial charge in [-0.05, 0) is 37.2 Å². The van der Waals surface area contributed by atoms with Gasteiger partial charge in [0.1, 0.15) is 0 Å². The van der Waals surface area contributed by atoms with Crippen molar-refractivity contribution < 1.29 is 5.11 Å². The lowest BCUT2D eigenvalue weighted by Crippen LogP contribution is -2.35. The van der Waals surface area contributed by atoms with E-state index in [1.54, 1.807) is 6.08 Å². The fourth-order valence-electron chi connectivity index (χ4n) is 2.02. The Morgan fingerprint density at radius 2 is 2.15 bits per heavy atom. The van der Waals surface area contributed by atoms with E-state index in [4.69, 9.17) is 0 Å². The van der Waals surface area contributed by atoms with Crippen molar-refractivity contribution in [1.82, 2.24) is 0 Å². The van der Waals surface area contributed by atoms with E-state index in [1.165, 1.54) is 0 Å². The molecule has 13 heavy (non-hydrogen) atoms. The Hall–Kier alpha value is -0.560. The van der Waals surface area contributed by atoms with Gasteiger partial charge in [0.25, 0.3) is 0 Å². The van der Waals surface area contributed by atoms with E-state index in [9.17, 15) is 5.11 Å². The van der Waals surface area contributed by atoms with Crippen LogP contribution in [-0.2, 0) is 0 Å². The third-order valence-electron chi connectivity index (χ3n) is 3.01. The van der Waals surface area contributed by atoms with Crippen molar-refractivity contribution in [2.45, 2.75) is 45.6 Å². The summed E-state index contributed by atoms with van der Waals surface area (Å²) in [6.45, 7) is 10.1. The number of hydrogen-bond acceptors (Lipinski definition) is 1. The van der Waals surface area contributed by atoms with Gasteiger partial charge in [0.2, 0.25) is 0 Å². The molecule has 1 rings (SSSR count). The average Bonchev–Trinajstić information content (AvgIpc) is 1.99. The highest BCUT2D eigenvalue weighted by Gasteiger charge is 2.35. The van der Waals surface area contributed by atoms with Crippen molar-refractivity contribution >= 4 is 0 Å². The van der Waals surface area contributed by atoms with Gasteiger partial charge in [-0.2, -0.15) is 0 Å². The third-order valence-corrected chi connectivity index (χ3v) is 3.01. The maximum atomic E-state index is 10.2. The lowest BCUT2D eigenvalue weighted by Gasteiger charge is -2.38. The molecule has 0 aromatic rings. The molecular formula is C12H20O. The van der Waals surface area contributed by atoms with Crippen LogP contribution in [0.15, 0.2) is 24.3 Å². The molecule has 74 valence electrons. The highest BCUT2D eigenvalue weighted by molar-refractivity contribution is 5.22. The molecule has 1 aliphatic carbocycles. The minimum atomic E-state index is -0.614. The number of allylic oxidation sites excluding steroid dienone is 1. The Morgan fingerprint density at radius 1 is 1.54 bits per heavy atom. The van der Waals surface area contributed by atoms with Crippen molar-refractivity contribution in [3.63, 3.8) is 0 Å². The summed E-state index contributed by atoms with van der Waals surface area (Å²) in [5, 5.41) is 10.2. The van der Waals surface area contributed by atoms with Crippen LogP contribution in [0.25, 0.3) is 0 Å². The van der Waals surface area contributed by atoms with Gasteiger partial charge in [0, 0.05) is 0 Å². The molecule has 0 aromatic carbocycles. The lowest BCUT2D eigenvalue weighted by atomic mass is 9.71. The van der Waals surface area contributed by atoms with Crippen LogP contribution >= 0.6 is 0 Å². The van der Waals surface area contributed by atoms with E-state index in [-0.39, 0.29) is 5.41 Å². The summed E-state index contributed by atoms with van der Waals surface area (Å²) in [7, 11) is 0. The van der Waals surface area contributed by atoms with Crippen molar-refractivity contribution in [2.24, 2.45) is 5.41 Å². The van der Waals surface area contributed by atoms with Crippen molar-refractivity contribution in [2.75, 3.05) is 0 Å². The fraction of sp³-hybridized carbons (Fsp3) is 0.667. The van der Waals surface area contributed by atoms with Crippen LogP contribution in [0.1, 0.15) is 40.0 Å². The Morgan fingerprint density at radius 3 is 2.62 bits per heavy atom. The molecule has 0 unspecified atom stereocenters. The van der Waals surface area contributed by atoms with Crippen LogP contribution in [0.4, 0.5) is 0 Å². The summed E-state index contributed by atoms with van der Waals surface area (Å²) in [5.74, 6) is 0. The van der Waals surface area contributed by atoms with E-state index in [0.717, 1.165) is 18.4 Å². The van der Waals surface area contributed by atoms with Crippen LogP contribution in [0.2, 0.25) is 0 Å². The van der Waals surface area contributed by atoms with Crippen molar-refractivity contribution in [3.8, 4) is 0 Å². The molecule has 0 radical (unpaired) electrons. The van der Waals surface area contributed by atoms with Gasteiger partial charge in [-0.15, -0.1) is 6.58 Å².